The van der Waals surface area contributed by atoms with E-state index < -0.39 is 11.2 Å². The smallest absolute Gasteiger partial charge is 0.169 e. The highest BCUT2D eigenvalue weighted by Gasteiger charge is 2.32. The number of nitrogens with one attached hydrogen (secondary N) is 2. The summed E-state index contributed by atoms with van der Waals surface area (Å²) in [7, 11) is 0. The Kier molecular flexibility index (Phi) is 4.56. The summed E-state index contributed by atoms with van der Waals surface area (Å²) >= 11 is 0. The molecule has 1 aromatic heterocycles. The number of hydrogen-bond acceptors (Lipinski definition) is 2. The maximum absolute atomic E-state index is 14.0. The Balaban J connectivity index is 2.40. The van der Waals surface area contributed by atoms with Crippen LogP contribution in [0.5, 0.6) is 0 Å². The van der Waals surface area contributed by atoms with Crippen LogP contribution in [-0.2, 0) is 0 Å². The summed E-state index contributed by atoms with van der Waals surface area (Å²) < 4.78 is 14.0. The van der Waals surface area contributed by atoms with Crippen LogP contribution in [0.2, 0.25) is 0 Å². The SMILES string of the molecule is CCCCC(C)(CC=N)C(=O)c1cc(F)c2[nH]ccc2c1. The molecular formula is C17H21FN2O. The lowest BCUT2D eigenvalue weighted by Crippen LogP contribution is -2.28. The summed E-state index contributed by atoms with van der Waals surface area (Å²) in [5, 5.41) is 8.04. The van der Waals surface area contributed by atoms with Crippen LogP contribution in [0.1, 0.15) is 49.9 Å². The van der Waals surface area contributed by atoms with Gasteiger partial charge in [0.25, 0.3) is 0 Å². The molecule has 21 heavy (non-hydrogen) atoms. The predicted octanol–water partition coefficient (Wildman–Crippen LogP) is 4.73. The number of ketones is 1. The van der Waals surface area contributed by atoms with Gasteiger partial charge >= 0.3 is 0 Å². The summed E-state index contributed by atoms with van der Waals surface area (Å²) in [6.45, 7) is 3.94. The molecule has 0 radical (unpaired) electrons. The first-order chi connectivity index (χ1) is 10.0. The van der Waals surface area contributed by atoms with Crippen molar-refractivity contribution in [3.05, 3.63) is 35.8 Å². The van der Waals surface area contributed by atoms with Gasteiger partial charge in [-0.1, -0.05) is 26.7 Å². The van der Waals surface area contributed by atoms with Crippen LogP contribution < -0.4 is 0 Å². The first-order valence-electron chi connectivity index (χ1n) is 7.32. The lowest BCUT2D eigenvalue weighted by atomic mass is 9.75. The molecule has 3 nitrogen and oxygen atoms in total. The number of halogens is 1. The molecule has 2 N–H and O–H groups in total. The van der Waals surface area contributed by atoms with Gasteiger partial charge in [0, 0.05) is 22.6 Å². The quantitative estimate of drug-likeness (QED) is 0.562. The van der Waals surface area contributed by atoms with Gasteiger partial charge in [-0.3, -0.25) is 4.79 Å². The van der Waals surface area contributed by atoms with Crippen LogP contribution in [0.4, 0.5) is 4.39 Å². The van der Waals surface area contributed by atoms with Gasteiger partial charge in [0.1, 0.15) is 5.82 Å². The number of unbranched alkanes of at least 4 members (excludes halogenated alkanes) is 1. The Bertz CT molecular complexity index is 662. The van der Waals surface area contributed by atoms with Crippen LogP contribution in [0, 0.1) is 16.6 Å². The van der Waals surface area contributed by atoms with Gasteiger partial charge in [-0.25, -0.2) is 4.39 Å². The van der Waals surface area contributed by atoms with Crippen LogP contribution >= 0.6 is 0 Å². The molecular weight excluding hydrogens is 267 g/mol. The molecule has 1 unspecified atom stereocenters. The van der Waals surface area contributed by atoms with Crippen molar-refractivity contribution in [1.29, 1.82) is 5.41 Å². The molecule has 0 bridgehead atoms. The summed E-state index contributed by atoms with van der Waals surface area (Å²) in [4.78, 5) is 15.6. The number of fused-ring (bicyclic) bond motifs is 1. The van der Waals surface area contributed by atoms with Gasteiger partial charge in [-0.15, -0.1) is 0 Å². The van der Waals surface area contributed by atoms with Crippen molar-refractivity contribution >= 4 is 22.9 Å². The number of H-pyrrole nitrogens is 1. The molecule has 4 heteroatoms. The largest absolute Gasteiger partial charge is 0.359 e. The number of benzene rings is 1. The minimum absolute atomic E-state index is 0.0820. The van der Waals surface area contributed by atoms with E-state index in [0.29, 0.717) is 29.3 Å². The Morgan fingerprint density at radius 1 is 1.48 bits per heavy atom. The summed E-state index contributed by atoms with van der Waals surface area (Å²) in [6.07, 6.45) is 5.95. The van der Waals surface area contributed by atoms with Crippen LogP contribution in [0.15, 0.2) is 24.4 Å². The van der Waals surface area contributed by atoms with Gasteiger partial charge < -0.3 is 10.4 Å². The Morgan fingerprint density at radius 2 is 2.24 bits per heavy atom. The van der Waals surface area contributed by atoms with Gasteiger partial charge in [0.15, 0.2) is 5.78 Å². The molecule has 0 saturated carbocycles. The third-order valence-corrected chi connectivity index (χ3v) is 4.06. The maximum atomic E-state index is 14.0. The average Bonchev–Trinajstić information content (AvgIpc) is 2.93. The highest BCUT2D eigenvalue weighted by atomic mass is 19.1. The van der Waals surface area contributed by atoms with Crippen molar-refractivity contribution in [2.75, 3.05) is 0 Å². The number of aromatic nitrogens is 1. The highest BCUT2D eigenvalue weighted by Crippen LogP contribution is 2.33. The topological polar surface area (TPSA) is 56.7 Å². The number of rotatable bonds is 7. The fourth-order valence-corrected chi connectivity index (χ4v) is 2.71. The molecule has 0 aliphatic carbocycles. The number of hydrogen-bond donors (Lipinski definition) is 2. The Morgan fingerprint density at radius 3 is 2.90 bits per heavy atom. The maximum Gasteiger partial charge on any atom is 0.169 e. The molecule has 1 aromatic carbocycles. The first-order valence-corrected chi connectivity index (χ1v) is 7.32. The molecule has 0 amide bonds. The van der Waals surface area contributed by atoms with Crippen molar-refractivity contribution in [3.63, 3.8) is 0 Å². The van der Waals surface area contributed by atoms with E-state index in [-0.39, 0.29) is 5.78 Å². The fourth-order valence-electron chi connectivity index (χ4n) is 2.71. The van der Waals surface area contributed by atoms with Crippen LogP contribution in [0.25, 0.3) is 10.9 Å². The monoisotopic (exact) mass is 288 g/mol. The van der Waals surface area contributed by atoms with E-state index in [0.717, 1.165) is 12.8 Å². The van der Waals surface area contributed by atoms with Gasteiger partial charge in [-0.2, -0.15) is 0 Å². The van der Waals surface area contributed by atoms with E-state index in [1.165, 1.54) is 12.3 Å². The molecule has 0 fully saturated rings. The van der Waals surface area contributed by atoms with Crippen molar-refractivity contribution in [3.8, 4) is 0 Å². The van der Waals surface area contributed by atoms with Gasteiger partial charge in [0.05, 0.1) is 5.52 Å². The fraction of sp³-hybridized carbons (Fsp3) is 0.412. The zero-order valence-electron chi connectivity index (χ0n) is 12.5. The summed E-state index contributed by atoms with van der Waals surface area (Å²) in [6, 6.07) is 4.79. The van der Waals surface area contributed by atoms with E-state index >= 15 is 0 Å². The normalized spacial score (nSPS) is 14.0. The number of carbonyl (C=O) groups is 1. The van der Waals surface area contributed by atoms with E-state index in [1.54, 1.807) is 18.3 Å². The van der Waals surface area contributed by atoms with Crippen molar-refractivity contribution in [1.82, 2.24) is 4.98 Å². The zero-order chi connectivity index (χ0) is 15.5. The molecule has 1 atom stereocenters. The standard InChI is InChI=1S/C17H21FN2O/c1-3-4-6-17(2,7-8-19)16(21)13-10-12-5-9-20-15(12)14(18)11-13/h5,8-11,19-20H,3-4,6-7H2,1-2H3. The molecule has 112 valence electrons. The lowest BCUT2D eigenvalue weighted by molar-refractivity contribution is 0.0808. The second kappa shape index (κ2) is 6.20. The van der Waals surface area contributed by atoms with Crippen molar-refractivity contribution in [2.24, 2.45) is 5.41 Å². The van der Waals surface area contributed by atoms with Gasteiger partial charge in [0.2, 0.25) is 0 Å². The number of aromatic amines is 1. The lowest BCUT2D eigenvalue weighted by Gasteiger charge is -2.26. The molecule has 2 aromatic rings. The minimum Gasteiger partial charge on any atom is -0.359 e. The second-order valence-electron chi connectivity index (χ2n) is 5.80. The zero-order valence-corrected chi connectivity index (χ0v) is 12.5. The van der Waals surface area contributed by atoms with E-state index in [4.69, 9.17) is 5.41 Å². The van der Waals surface area contributed by atoms with Crippen LogP contribution in [0.3, 0.4) is 0 Å². The van der Waals surface area contributed by atoms with Crippen LogP contribution in [-0.4, -0.2) is 17.0 Å². The third-order valence-electron chi connectivity index (χ3n) is 4.06. The van der Waals surface area contributed by atoms with E-state index in [2.05, 4.69) is 11.9 Å². The van der Waals surface area contributed by atoms with Gasteiger partial charge in [-0.05, 0) is 37.3 Å². The number of carbonyl (C=O) groups excluding carboxylic acids is 1. The van der Waals surface area contributed by atoms with Crippen molar-refractivity contribution in [2.45, 2.75) is 39.5 Å². The third kappa shape index (κ3) is 3.04. The molecule has 0 aliphatic rings. The average molecular weight is 288 g/mol. The summed E-state index contributed by atoms with van der Waals surface area (Å²) in [5.41, 5.74) is 0.183. The summed E-state index contributed by atoms with van der Waals surface area (Å²) in [5.74, 6) is -0.491. The second-order valence-corrected chi connectivity index (χ2v) is 5.80. The molecule has 0 spiro atoms. The molecule has 1 heterocycles. The van der Waals surface area contributed by atoms with Crippen molar-refractivity contribution < 1.29 is 9.18 Å². The molecule has 2 rings (SSSR count). The first kappa shape index (κ1) is 15.4. The van der Waals surface area contributed by atoms with E-state index in [9.17, 15) is 9.18 Å². The Labute approximate surface area is 124 Å². The molecule has 0 aliphatic heterocycles. The van der Waals surface area contributed by atoms with E-state index in [1.807, 2.05) is 6.92 Å². The molecule has 0 saturated heterocycles. The highest BCUT2D eigenvalue weighted by molar-refractivity contribution is 6.03. The minimum atomic E-state index is -0.631. The number of Topliss-reactive ketones (excluding diaryl/α,β-unsaturated/α-hetero) is 1. The Hall–Kier alpha value is -1.97. The predicted molar refractivity (Wildman–Crippen MR) is 83.6 cm³/mol.